The van der Waals surface area contributed by atoms with Gasteiger partial charge in [-0.25, -0.2) is 4.99 Å². The Balaban J connectivity index is 1.99. The molecule has 2 unspecified atom stereocenters. The molecule has 0 saturated heterocycles. The molecule has 8 nitrogen and oxygen atoms in total. The van der Waals surface area contributed by atoms with Crippen LogP contribution in [0.25, 0.3) is 11.3 Å². The molecule has 1 N–H and O–H groups in total. The van der Waals surface area contributed by atoms with Gasteiger partial charge in [0.15, 0.2) is 5.82 Å². The lowest BCUT2D eigenvalue weighted by atomic mass is 9.75. The molecule has 0 bridgehead atoms. The fourth-order valence-electron chi connectivity index (χ4n) is 3.98. The third-order valence-corrected chi connectivity index (χ3v) is 5.23. The van der Waals surface area contributed by atoms with Gasteiger partial charge in [-0.2, -0.15) is 5.10 Å². The van der Waals surface area contributed by atoms with Gasteiger partial charge in [0.05, 0.1) is 17.2 Å². The standard InChI is InChI=1S/C22H20N4O4/c1-3-30-22(27)17-13(2)23-21-19(20(24-25-21)14-9-5-4-6-10-14)18(17)15-11-7-8-12-16(15)26(28)29/h4-12,17-18H,3H2,1-2H3,(H,24,25). The van der Waals surface area contributed by atoms with Crippen molar-refractivity contribution < 1.29 is 14.5 Å². The third-order valence-electron chi connectivity index (χ3n) is 5.23. The number of esters is 1. The topological polar surface area (TPSA) is 110 Å². The zero-order valence-electron chi connectivity index (χ0n) is 16.5. The van der Waals surface area contributed by atoms with Crippen LogP contribution in [0, 0.1) is 16.0 Å². The highest BCUT2D eigenvalue weighted by Crippen LogP contribution is 2.48. The number of nitro benzene ring substituents is 1. The summed E-state index contributed by atoms with van der Waals surface area (Å²) in [5, 5.41) is 19.1. The second kappa shape index (κ2) is 7.90. The number of nitrogens with zero attached hydrogens (tertiary/aromatic N) is 3. The maximum Gasteiger partial charge on any atom is 0.315 e. The quantitative estimate of drug-likeness (QED) is 0.385. The van der Waals surface area contributed by atoms with E-state index in [1.54, 1.807) is 32.0 Å². The van der Waals surface area contributed by atoms with Gasteiger partial charge < -0.3 is 4.74 Å². The lowest BCUT2D eigenvalue weighted by Crippen LogP contribution is -2.33. The molecule has 0 saturated carbocycles. The zero-order valence-corrected chi connectivity index (χ0v) is 16.5. The summed E-state index contributed by atoms with van der Waals surface area (Å²) in [6.45, 7) is 3.66. The van der Waals surface area contributed by atoms with E-state index < -0.39 is 22.7 Å². The number of fused-ring (bicyclic) bond motifs is 1. The molecule has 2 heterocycles. The van der Waals surface area contributed by atoms with E-state index >= 15 is 0 Å². The first kappa shape index (κ1) is 19.5. The molecule has 4 rings (SSSR count). The average molecular weight is 404 g/mol. The molecule has 152 valence electrons. The summed E-state index contributed by atoms with van der Waals surface area (Å²) in [5.41, 5.74) is 3.06. The van der Waals surface area contributed by atoms with Crippen LogP contribution in [0.5, 0.6) is 0 Å². The van der Waals surface area contributed by atoms with Crippen molar-refractivity contribution in [2.45, 2.75) is 19.8 Å². The molecular formula is C22H20N4O4. The van der Waals surface area contributed by atoms with E-state index in [9.17, 15) is 14.9 Å². The highest BCUT2D eigenvalue weighted by Gasteiger charge is 2.43. The van der Waals surface area contributed by atoms with Crippen molar-refractivity contribution in [2.75, 3.05) is 6.61 Å². The van der Waals surface area contributed by atoms with Crippen LogP contribution in [0.3, 0.4) is 0 Å². The van der Waals surface area contributed by atoms with Gasteiger partial charge in [0, 0.05) is 28.8 Å². The molecule has 0 spiro atoms. The Morgan fingerprint density at radius 3 is 2.57 bits per heavy atom. The summed E-state index contributed by atoms with van der Waals surface area (Å²) >= 11 is 0. The molecule has 30 heavy (non-hydrogen) atoms. The summed E-state index contributed by atoms with van der Waals surface area (Å²) in [6, 6.07) is 16.0. The number of aromatic nitrogens is 2. The average Bonchev–Trinajstić information content (AvgIpc) is 3.17. The van der Waals surface area contributed by atoms with Crippen molar-refractivity contribution in [1.82, 2.24) is 10.2 Å². The van der Waals surface area contributed by atoms with Gasteiger partial charge in [0.25, 0.3) is 5.69 Å². The highest BCUT2D eigenvalue weighted by molar-refractivity contribution is 6.05. The molecule has 0 amide bonds. The van der Waals surface area contributed by atoms with E-state index in [2.05, 4.69) is 15.2 Å². The van der Waals surface area contributed by atoms with E-state index in [1.165, 1.54) is 6.07 Å². The minimum Gasteiger partial charge on any atom is -0.465 e. The van der Waals surface area contributed by atoms with Crippen LogP contribution in [-0.4, -0.2) is 33.4 Å². The van der Waals surface area contributed by atoms with Crippen molar-refractivity contribution in [3.63, 3.8) is 0 Å². The molecule has 1 aliphatic heterocycles. The van der Waals surface area contributed by atoms with Gasteiger partial charge in [0.2, 0.25) is 0 Å². The second-order valence-corrected chi connectivity index (χ2v) is 6.98. The van der Waals surface area contributed by atoms with E-state index in [1.807, 2.05) is 30.3 Å². The number of aromatic amines is 1. The number of carbonyl (C=O) groups excluding carboxylic acids is 1. The number of carbonyl (C=O) groups is 1. The molecule has 0 fully saturated rings. The summed E-state index contributed by atoms with van der Waals surface area (Å²) in [6.07, 6.45) is 0. The summed E-state index contributed by atoms with van der Waals surface area (Å²) < 4.78 is 5.32. The number of nitro groups is 1. The lowest BCUT2D eigenvalue weighted by Gasteiger charge is -2.29. The molecular weight excluding hydrogens is 384 g/mol. The van der Waals surface area contributed by atoms with Crippen molar-refractivity contribution in [1.29, 1.82) is 0 Å². The number of hydrogen-bond acceptors (Lipinski definition) is 6. The molecule has 1 aromatic heterocycles. The fourth-order valence-corrected chi connectivity index (χ4v) is 3.98. The molecule has 0 aliphatic carbocycles. The molecule has 1 aliphatic rings. The Morgan fingerprint density at radius 2 is 1.87 bits per heavy atom. The monoisotopic (exact) mass is 404 g/mol. The predicted molar refractivity (Wildman–Crippen MR) is 112 cm³/mol. The van der Waals surface area contributed by atoms with Crippen molar-refractivity contribution in [3.05, 3.63) is 75.8 Å². The van der Waals surface area contributed by atoms with Crippen LogP contribution in [0.15, 0.2) is 59.6 Å². The van der Waals surface area contributed by atoms with Gasteiger partial charge in [-0.1, -0.05) is 48.5 Å². The SMILES string of the molecule is CCOC(=O)C1C(C)=Nc2n[nH]c(-c3ccccc3)c2C1c1ccccc1[N+](=O)[O-]. The largest absolute Gasteiger partial charge is 0.465 e. The Hall–Kier alpha value is -3.81. The van der Waals surface area contributed by atoms with Gasteiger partial charge in [-0.3, -0.25) is 20.0 Å². The van der Waals surface area contributed by atoms with Gasteiger partial charge >= 0.3 is 5.97 Å². The normalized spacial score (nSPS) is 17.7. The van der Waals surface area contributed by atoms with Gasteiger partial charge in [0.1, 0.15) is 5.92 Å². The van der Waals surface area contributed by atoms with E-state index in [0.717, 1.165) is 5.56 Å². The Kier molecular flexibility index (Phi) is 5.14. The molecule has 2 aromatic carbocycles. The number of rotatable bonds is 5. The van der Waals surface area contributed by atoms with Crippen LogP contribution in [0.2, 0.25) is 0 Å². The maximum absolute atomic E-state index is 12.9. The molecule has 8 heteroatoms. The van der Waals surface area contributed by atoms with Crippen LogP contribution < -0.4 is 0 Å². The minimum absolute atomic E-state index is 0.0577. The Labute approximate surface area is 172 Å². The van der Waals surface area contributed by atoms with Gasteiger partial charge in [-0.15, -0.1) is 0 Å². The Morgan fingerprint density at radius 1 is 1.17 bits per heavy atom. The lowest BCUT2D eigenvalue weighted by molar-refractivity contribution is -0.385. The zero-order chi connectivity index (χ0) is 21.3. The van der Waals surface area contributed by atoms with Crippen molar-refractivity contribution >= 4 is 23.2 Å². The number of benzene rings is 2. The van der Waals surface area contributed by atoms with Crippen LogP contribution >= 0.6 is 0 Å². The summed E-state index contributed by atoms with van der Waals surface area (Å²) in [7, 11) is 0. The first-order chi connectivity index (χ1) is 14.5. The first-order valence-corrected chi connectivity index (χ1v) is 9.61. The number of ether oxygens (including phenoxy) is 1. The number of nitrogens with one attached hydrogen (secondary N) is 1. The van der Waals surface area contributed by atoms with E-state index in [-0.39, 0.29) is 12.3 Å². The number of H-pyrrole nitrogens is 1. The molecule has 3 aromatic rings. The first-order valence-electron chi connectivity index (χ1n) is 9.61. The van der Waals surface area contributed by atoms with E-state index in [4.69, 9.17) is 4.74 Å². The van der Waals surface area contributed by atoms with Crippen molar-refractivity contribution in [2.24, 2.45) is 10.9 Å². The van der Waals surface area contributed by atoms with Gasteiger partial charge in [-0.05, 0) is 19.4 Å². The van der Waals surface area contributed by atoms with E-state index in [0.29, 0.717) is 28.4 Å². The van der Waals surface area contributed by atoms with Crippen LogP contribution in [-0.2, 0) is 9.53 Å². The number of aliphatic imine (C=N–C) groups is 1. The molecule has 0 radical (unpaired) electrons. The third kappa shape index (κ3) is 3.26. The summed E-state index contributed by atoms with van der Waals surface area (Å²) in [5.74, 6) is -1.49. The number of hydrogen-bond donors (Lipinski definition) is 1. The fraction of sp³-hybridized carbons (Fsp3) is 0.227. The smallest absolute Gasteiger partial charge is 0.315 e. The second-order valence-electron chi connectivity index (χ2n) is 6.98. The minimum atomic E-state index is -0.793. The highest BCUT2D eigenvalue weighted by atomic mass is 16.6. The predicted octanol–water partition coefficient (Wildman–Crippen LogP) is 4.40. The number of para-hydroxylation sites is 1. The Bertz CT molecular complexity index is 1140. The van der Waals surface area contributed by atoms with Crippen molar-refractivity contribution in [3.8, 4) is 11.3 Å². The summed E-state index contributed by atoms with van der Waals surface area (Å²) in [4.78, 5) is 28.8. The van der Waals surface area contributed by atoms with Crippen LogP contribution in [0.1, 0.15) is 30.9 Å². The van der Waals surface area contributed by atoms with Crippen LogP contribution in [0.4, 0.5) is 11.5 Å². The molecule has 2 atom stereocenters. The maximum atomic E-state index is 12.9.